The van der Waals surface area contributed by atoms with Gasteiger partial charge in [0.15, 0.2) is 5.76 Å². The number of carbonyl (C=O) groups is 1. The van der Waals surface area contributed by atoms with Crippen molar-refractivity contribution in [2.45, 2.75) is 13.3 Å². The summed E-state index contributed by atoms with van der Waals surface area (Å²) >= 11 is 3.24. The summed E-state index contributed by atoms with van der Waals surface area (Å²) in [7, 11) is 0. The van der Waals surface area contributed by atoms with Gasteiger partial charge >= 0.3 is 0 Å². The number of furan rings is 1. The van der Waals surface area contributed by atoms with Gasteiger partial charge in [-0.3, -0.25) is 4.79 Å². The number of hydrogen-bond donors (Lipinski definition) is 1. The summed E-state index contributed by atoms with van der Waals surface area (Å²) < 4.78 is 6.02. The molecule has 0 saturated heterocycles. The average molecular weight is 295 g/mol. The van der Waals surface area contributed by atoms with E-state index in [1.165, 1.54) is 0 Å². The summed E-state index contributed by atoms with van der Waals surface area (Å²) in [6.07, 6.45) is 0.766. The number of aromatic nitrogens is 1. The van der Waals surface area contributed by atoms with Gasteiger partial charge in [0.2, 0.25) is 0 Å². The molecule has 4 nitrogen and oxygen atoms in total. The summed E-state index contributed by atoms with van der Waals surface area (Å²) in [5.74, 6) is 1.27. The van der Waals surface area contributed by atoms with Gasteiger partial charge in [-0.1, -0.05) is 13.0 Å². The van der Waals surface area contributed by atoms with E-state index < -0.39 is 0 Å². The molecule has 2 rings (SSSR count). The van der Waals surface area contributed by atoms with Crippen molar-refractivity contribution in [2.24, 2.45) is 0 Å². The first-order valence-electron chi connectivity index (χ1n) is 5.21. The molecule has 0 aliphatic rings. The molecule has 0 saturated carbocycles. The molecule has 2 heterocycles. The normalized spacial score (nSPS) is 10.2. The molecule has 0 aliphatic heterocycles. The van der Waals surface area contributed by atoms with E-state index in [1.807, 2.05) is 6.92 Å². The van der Waals surface area contributed by atoms with Crippen LogP contribution < -0.4 is 5.32 Å². The molecule has 0 atom stereocenters. The molecule has 0 spiro atoms. The minimum atomic E-state index is -0.296. The predicted molar refractivity (Wildman–Crippen MR) is 68.0 cm³/mol. The van der Waals surface area contributed by atoms with Gasteiger partial charge in [-0.2, -0.15) is 0 Å². The van der Waals surface area contributed by atoms with Crippen LogP contribution in [0.1, 0.15) is 23.2 Å². The number of halogens is 1. The Bertz CT molecular complexity index is 537. The van der Waals surface area contributed by atoms with Gasteiger partial charge in [-0.15, -0.1) is 0 Å². The molecule has 0 unspecified atom stereocenters. The average Bonchev–Trinajstić information content (AvgIpc) is 2.77. The summed E-state index contributed by atoms with van der Waals surface area (Å²) in [5.41, 5.74) is 0. The van der Waals surface area contributed by atoms with Crippen LogP contribution in [0.3, 0.4) is 0 Å². The van der Waals surface area contributed by atoms with Crippen molar-refractivity contribution >= 4 is 27.7 Å². The standard InChI is InChI=1S/C12H11BrN2O2/c1-2-8-6-7-9(17-8)12(16)15-11-5-3-4-10(13)14-11/h3-7H,2H2,1H3,(H,14,15,16). The third kappa shape index (κ3) is 2.94. The molecular formula is C12H11BrN2O2. The molecular weight excluding hydrogens is 284 g/mol. The number of carbonyl (C=O) groups excluding carboxylic acids is 1. The first kappa shape index (κ1) is 11.9. The number of pyridine rings is 1. The Morgan fingerprint density at radius 1 is 1.41 bits per heavy atom. The zero-order valence-corrected chi connectivity index (χ0v) is 10.8. The van der Waals surface area contributed by atoms with E-state index in [0.717, 1.165) is 12.2 Å². The molecule has 0 radical (unpaired) electrons. The van der Waals surface area contributed by atoms with Crippen molar-refractivity contribution in [1.29, 1.82) is 0 Å². The van der Waals surface area contributed by atoms with Gasteiger partial charge in [0.05, 0.1) is 0 Å². The lowest BCUT2D eigenvalue weighted by molar-refractivity contribution is 0.0994. The number of anilines is 1. The number of aryl methyl sites for hydroxylation is 1. The van der Waals surface area contributed by atoms with Crippen molar-refractivity contribution in [3.05, 3.63) is 46.5 Å². The maximum Gasteiger partial charge on any atom is 0.292 e. The molecule has 0 bridgehead atoms. The number of hydrogen-bond acceptors (Lipinski definition) is 3. The third-order valence-corrected chi connectivity index (χ3v) is 2.63. The van der Waals surface area contributed by atoms with E-state index >= 15 is 0 Å². The molecule has 0 aliphatic carbocycles. The minimum Gasteiger partial charge on any atom is -0.456 e. The Labute approximate surface area is 107 Å². The van der Waals surface area contributed by atoms with Crippen molar-refractivity contribution in [1.82, 2.24) is 4.98 Å². The van der Waals surface area contributed by atoms with Crippen molar-refractivity contribution in [3.8, 4) is 0 Å². The molecule has 1 N–H and O–H groups in total. The lowest BCUT2D eigenvalue weighted by atomic mass is 10.3. The summed E-state index contributed by atoms with van der Waals surface area (Å²) in [6.45, 7) is 1.97. The minimum absolute atomic E-state index is 0.295. The maximum absolute atomic E-state index is 11.8. The van der Waals surface area contributed by atoms with Crippen LogP contribution in [0.2, 0.25) is 0 Å². The smallest absolute Gasteiger partial charge is 0.292 e. The largest absolute Gasteiger partial charge is 0.456 e. The quantitative estimate of drug-likeness (QED) is 0.884. The summed E-state index contributed by atoms with van der Waals surface area (Å²) in [6, 6.07) is 8.76. The SMILES string of the molecule is CCc1ccc(C(=O)Nc2cccc(Br)n2)o1. The second-order valence-electron chi connectivity index (χ2n) is 3.42. The van der Waals surface area contributed by atoms with Crippen LogP contribution in [0.4, 0.5) is 5.82 Å². The van der Waals surface area contributed by atoms with Crippen molar-refractivity contribution in [3.63, 3.8) is 0 Å². The zero-order valence-electron chi connectivity index (χ0n) is 9.24. The Balaban J connectivity index is 2.11. The Hall–Kier alpha value is -1.62. The highest BCUT2D eigenvalue weighted by Gasteiger charge is 2.11. The third-order valence-electron chi connectivity index (χ3n) is 2.19. The molecule has 2 aromatic rings. The van der Waals surface area contributed by atoms with E-state index in [2.05, 4.69) is 26.2 Å². The number of rotatable bonds is 3. The molecule has 2 aromatic heterocycles. The molecule has 88 valence electrons. The molecule has 1 amide bonds. The first-order chi connectivity index (χ1) is 8.19. The van der Waals surface area contributed by atoms with Gasteiger partial charge < -0.3 is 9.73 Å². The fourth-order valence-electron chi connectivity index (χ4n) is 1.35. The van der Waals surface area contributed by atoms with E-state index in [9.17, 15) is 4.79 Å². The fourth-order valence-corrected chi connectivity index (χ4v) is 1.69. The molecule has 0 fully saturated rings. The van der Waals surface area contributed by atoms with E-state index in [0.29, 0.717) is 16.2 Å². The predicted octanol–water partition coefficient (Wildman–Crippen LogP) is 3.25. The number of nitrogens with one attached hydrogen (secondary N) is 1. The zero-order chi connectivity index (χ0) is 12.3. The Morgan fingerprint density at radius 3 is 2.88 bits per heavy atom. The van der Waals surface area contributed by atoms with Crippen LogP contribution in [0.15, 0.2) is 39.4 Å². The van der Waals surface area contributed by atoms with E-state index in [1.54, 1.807) is 30.3 Å². The van der Waals surface area contributed by atoms with Crippen LogP contribution in [0, 0.1) is 0 Å². The van der Waals surface area contributed by atoms with Gasteiger partial charge in [0.25, 0.3) is 5.91 Å². The highest BCUT2D eigenvalue weighted by molar-refractivity contribution is 9.10. The number of amides is 1. The topological polar surface area (TPSA) is 55.1 Å². The number of nitrogens with zero attached hydrogens (tertiary/aromatic N) is 1. The lowest BCUT2D eigenvalue weighted by Crippen LogP contribution is -2.11. The highest BCUT2D eigenvalue weighted by Crippen LogP contribution is 2.13. The van der Waals surface area contributed by atoms with Crippen molar-refractivity contribution in [2.75, 3.05) is 5.32 Å². The van der Waals surface area contributed by atoms with Crippen LogP contribution >= 0.6 is 15.9 Å². The second-order valence-corrected chi connectivity index (χ2v) is 4.23. The van der Waals surface area contributed by atoms with Gasteiger partial charge in [-0.25, -0.2) is 4.98 Å². The second kappa shape index (κ2) is 5.14. The fraction of sp³-hybridized carbons (Fsp3) is 0.167. The molecule has 17 heavy (non-hydrogen) atoms. The van der Waals surface area contributed by atoms with E-state index in [4.69, 9.17) is 4.42 Å². The van der Waals surface area contributed by atoms with Gasteiger partial charge in [0.1, 0.15) is 16.2 Å². The monoisotopic (exact) mass is 294 g/mol. The summed E-state index contributed by atoms with van der Waals surface area (Å²) in [4.78, 5) is 15.9. The van der Waals surface area contributed by atoms with Crippen LogP contribution in [-0.4, -0.2) is 10.9 Å². The molecule has 0 aromatic carbocycles. The highest BCUT2D eigenvalue weighted by atomic mass is 79.9. The van der Waals surface area contributed by atoms with Crippen LogP contribution in [0.5, 0.6) is 0 Å². The molecule has 5 heteroatoms. The Morgan fingerprint density at radius 2 is 2.24 bits per heavy atom. The van der Waals surface area contributed by atoms with Gasteiger partial charge in [-0.05, 0) is 40.2 Å². The Kier molecular flexibility index (Phi) is 3.58. The van der Waals surface area contributed by atoms with Crippen LogP contribution in [-0.2, 0) is 6.42 Å². The van der Waals surface area contributed by atoms with E-state index in [-0.39, 0.29) is 5.91 Å². The lowest BCUT2D eigenvalue weighted by Gasteiger charge is -2.02. The van der Waals surface area contributed by atoms with Crippen molar-refractivity contribution < 1.29 is 9.21 Å². The first-order valence-corrected chi connectivity index (χ1v) is 6.01. The van der Waals surface area contributed by atoms with Crippen LogP contribution in [0.25, 0.3) is 0 Å². The van der Waals surface area contributed by atoms with Gasteiger partial charge in [0, 0.05) is 6.42 Å². The summed E-state index contributed by atoms with van der Waals surface area (Å²) in [5, 5.41) is 2.66. The maximum atomic E-state index is 11.8.